The van der Waals surface area contributed by atoms with Crippen LogP contribution in [0.5, 0.6) is 0 Å². The minimum atomic E-state index is -4.61. The lowest BCUT2D eigenvalue weighted by atomic mass is 10.1. The molecular weight excluding hydrogens is 293 g/mol. The van der Waals surface area contributed by atoms with Gasteiger partial charge in [-0.1, -0.05) is 0 Å². The summed E-state index contributed by atoms with van der Waals surface area (Å²) < 4.78 is 37.3. The number of rotatable bonds is 2. The molecule has 0 bridgehead atoms. The van der Waals surface area contributed by atoms with Crippen molar-refractivity contribution < 1.29 is 27.9 Å². The number of amides is 1. The average Bonchev–Trinajstić information content (AvgIpc) is 2.87. The Morgan fingerprint density at radius 1 is 1.43 bits per heavy atom. The number of aliphatic carboxylic acids is 1. The van der Waals surface area contributed by atoms with E-state index >= 15 is 0 Å². The number of hydrogen-bond acceptors (Lipinski definition) is 4. The molecule has 1 aromatic rings. The van der Waals surface area contributed by atoms with Gasteiger partial charge in [-0.05, 0) is 7.05 Å². The number of aromatic nitrogens is 2. The van der Waals surface area contributed by atoms with Crippen molar-refractivity contribution in [1.82, 2.24) is 20.0 Å². The molecule has 21 heavy (non-hydrogen) atoms. The van der Waals surface area contributed by atoms with E-state index in [0.717, 1.165) is 0 Å². The SMILES string of the molecule is CN1CCN(C(=O)c2cc(C(F)(F)F)[nH]n2)C[C@@H]1C(=O)O. The highest BCUT2D eigenvalue weighted by Gasteiger charge is 2.36. The summed E-state index contributed by atoms with van der Waals surface area (Å²) >= 11 is 0. The number of nitrogens with zero attached hydrogens (tertiary/aromatic N) is 3. The Kier molecular flexibility index (Phi) is 3.90. The molecule has 2 heterocycles. The third kappa shape index (κ3) is 3.15. The van der Waals surface area contributed by atoms with E-state index in [2.05, 4.69) is 5.10 Å². The van der Waals surface area contributed by atoms with Crippen LogP contribution in [0, 0.1) is 0 Å². The zero-order valence-corrected chi connectivity index (χ0v) is 11.0. The first-order chi connectivity index (χ1) is 9.70. The van der Waals surface area contributed by atoms with Gasteiger partial charge in [-0.3, -0.25) is 19.6 Å². The van der Waals surface area contributed by atoms with Gasteiger partial charge in [-0.25, -0.2) is 0 Å². The second-order valence-electron chi connectivity index (χ2n) is 4.75. The number of alkyl halides is 3. The fraction of sp³-hybridized carbons (Fsp3) is 0.545. The number of carbonyl (C=O) groups is 2. The van der Waals surface area contributed by atoms with Gasteiger partial charge in [0, 0.05) is 25.7 Å². The van der Waals surface area contributed by atoms with Crippen molar-refractivity contribution >= 4 is 11.9 Å². The summed E-state index contributed by atoms with van der Waals surface area (Å²) in [5.74, 6) is -1.81. The van der Waals surface area contributed by atoms with Crippen LogP contribution < -0.4 is 0 Å². The fourth-order valence-electron chi connectivity index (χ4n) is 2.06. The van der Waals surface area contributed by atoms with Crippen molar-refractivity contribution in [2.45, 2.75) is 12.2 Å². The fourth-order valence-corrected chi connectivity index (χ4v) is 2.06. The number of H-pyrrole nitrogens is 1. The van der Waals surface area contributed by atoms with Crippen LogP contribution in [0.1, 0.15) is 16.2 Å². The van der Waals surface area contributed by atoms with Crippen molar-refractivity contribution in [1.29, 1.82) is 0 Å². The van der Waals surface area contributed by atoms with Crippen LogP contribution >= 0.6 is 0 Å². The Morgan fingerprint density at radius 2 is 2.10 bits per heavy atom. The Hall–Kier alpha value is -2.10. The van der Waals surface area contributed by atoms with Crippen LogP contribution in [0.2, 0.25) is 0 Å². The lowest BCUT2D eigenvalue weighted by molar-refractivity contribution is -0.144. The zero-order valence-electron chi connectivity index (χ0n) is 11.0. The molecule has 1 aromatic heterocycles. The minimum Gasteiger partial charge on any atom is -0.480 e. The molecule has 0 radical (unpaired) electrons. The third-order valence-electron chi connectivity index (χ3n) is 3.32. The third-order valence-corrected chi connectivity index (χ3v) is 3.32. The lowest BCUT2D eigenvalue weighted by Crippen LogP contribution is -2.56. The summed E-state index contributed by atoms with van der Waals surface area (Å²) in [5.41, 5.74) is -1.49. The van der Waals surface area contributed by atoms with Gasteiger partial charge in [-0.15, -0.1) is 0 Å². The molecule has 10 heteroatoms. The molecule has 116 valence electrons. The summed E-state index contributed by atoms with van der Waals surface area (Å²) in [5, 5.41) is 14.1. The highest BCUT2D eigenvalue weighted by Crippen LogP contribution is 2.28. The smallest absolute Gasteiger partial charge is 0.432 e. The second-order valence-corrected chi connectivity index (χ2v) is 4.75. The monoisotopic (exact) mass is 306 g/mol. The van der Waals surface area contributed by atoms with Crippen LogP contribution in [0.3, 0.4) is 0 Å². The predicted molar refractivity (Wildman–Crippen MR) is 63.5 cm³/mol. The summed E-state index contributed by atoms with van der Waals surface area (Å²) in [6.45, 7) is 0.450. The molecule has 0 aromatic carbocycles. The number of nitrogens with one attached hydrogen (secondary N) is 1. The number of halogens is 3. The maximum atomic E-state index is 12.4. The Morgan fingerprint density at radius 3 is 2.62 bits per heavy atom. The standard InChI is InChI=1S/C11H13F3N4O3/c1-17-2-3-18(5-7(17)10(20)21)9(19)6-4-8(16-15-6)11(12,13)14/h4,7H,2-3,5H2,1H3,(H,15,16)(H,20,21)/t7-/m1/s1. The van der Waals surface area contributed by atoms with Crippen molar-refractivity contribution in [3.63, 3.8) is 0 Å². The second kappa shape index (κ2) is 5.35. The molecule has 1 saturated heterocycles. The van der Waals surface area contributed by atoms with Gasteiger partial charge in [0.2, 0.25) is 0 Å². The molecule has 0 unspecified atom stereocenters. The van der Waals surface area contributed by atoms with Crippen LogP contribution in [-0.2, 0) is 11.0 Å². The summed E-state index contributed by atoms with van der Waals surface area (Å²) in [4.78, 5) is 25.9. The maximum absolute atomic E-state index is 12.4. The number of carboxylic acid groups (broad SMARTS) is 1. The number of carbonyl (C=O) groups excluding carboxylic acids is 1. The van der Waals surface area contributed by atoms with E-state index in [1.54, 1.807) is 17.0 Å². The van der Waals surface area contributed by atoms with Crippen molar-refractivity contribution in [2.75, 3.05) is 26.7 Å². The van der Waals surface area contributed by atoms with Crippen LogP contribution in [-0.4, -0.2) is 69.7 Å². The van der Waals surface area contributed by atoms with Crippen LogP contribution in [0.4, 0.5) is 13.2 Å². The van der Waals surface area contributed by atoms with E-state index in [0.29, 0.717) is 12.6 Å². The van der Waals surface area contributed by atoms with Crippen LogP contribution in [0.15, 0.2) is 6.07 Å². The lowest BCUT2D eigenvalue weighted by Gasteiger charge is -2.36. The predicted octanol–water partition coefficient (Wildman–Crippen LogP) is 0.269. The number of carboxylic acids is 1. The van der Waals surface area contributed by atoms with Gasteiger partial charge >= 0.3 is 12.1 Å². The quantitative estimate of drug-likeness (QED) is 0.818. The van der Waals surface area contributed by atoms with Gasteiger partial charge in [-0.2, -0.15) is 18.3 Å². The molecule has 1 fully saturated rings. The van der Waals surface area contributed by atoms with Gasteiger partial charge in [0.05, 0.1) is 0 Å². The van der Waals surface area contributed by atoms with Gasteiger partial charge in [0.25, 0.3) is 5.91 Å². The zero-order chi connectivity index (χ0) is 15.8. The number of likely N-dealkylation sites (N-methyl/N-ethyl adjacent to an activating group) is 1. The largest absolute Gasteiger partial charge is 0.480 e. The molecule has 1 aliphatic heterocycles. The van der Waals surface area contributed by atoms with Crippen LogP contribution in [0.25, 0.3) is 0 Å². The van der Waals surface area contributed by atoms with E-state index in [4.69, 9.17) is 5.11 Å². The molecule has 2 N–H and O–H groups in total. The van der Waals surface area contributed by atoms with E-state index in [1.807, 2.05) is 0 Å². The van der Waals surface area contributed by atoms with E-state index in [1.165, 1.54) is 4.90 Å². The van der Waals surface area contributed by atoms with Gasteiger partial charge in [0.1, 0.15) is 11.7 Å². The molecule has 1 amide bonds. The molecule has 1 aliphatic rings. The molecule has 0 spiro atoms. The first kappa shape index (κ1) is 15.3. The van der Waals surface area contributed by atoms with Crippen molar-refractivity contribution in [3.05, 3.63) is 17.5 Å². The maximum Gasteiger partial charge on any atom is 0.432 e. The molecule has 0 aliphatic carbocycles. The topological polar surface area (TPSA) is 89.5 Å². The molecule has 1 atom stereocenters. The Balaban J connectivity index is 2.13. The highest BCUT2D eigenvalue weighted by atomic mass is 19.4. The first-order valence-electron chi connectivity index (χ1n) is 6.05. The summed E-state index contributed by atoms with van der Waals surface area (Å²) in [6.07, 6.45) is -4.61. The van der Waals surface area contributed by atoms with E-state index in [9.17, 15) is 22.8 Å². The number of aromatic amines is 1. The Bertz CT molecular complexity index is 557. The molecular formula is C11H13F3N4O3. The minimum absolute atomic E-state index is 0.0983. The number of piperazine rings is 1. The molecule has 0 saturated carbocycles. The average molecular weight is 306 g/mol. The van der Waals surface area contributed by atoms with E-state index < -0.39 is 29.8 Å². The van der Waals surface area contributed by atoms with Gasteiger partial charge < -0.3 is 10.0 Å². The normalized spacial score (nSPS) is 20.6. The number of hydrogen-bond donors (Lipinski definition) is 2. The van der Waals surface area contributed by atoms with Crippen molar-refractivity contribution in [3.8, 4) is 0 Å². The molecule has 7 nitrogen and oxygen atoms in total. The highest BCUT2D eigenvalue weighted by molar-refractivity contribution is 5.93. The van der Waals surface area contributed by atoms with Gasteiger partial charge in [0.15, 0.2) is 5.69 Å². The summed E-state index contributed by atoms with van der Waals surface area (Å²) in [6, 6.07) is -0.264. The first-order valence-corrected chi connectivity index (χ1v) is 6.05. The summed E-state index contributed by atoms with van der Waals surface area (Å²) in [7, 11) is 1.61. The molecule has 2 rings (SSSR count). The van der Waals surface area contributed by atoms with Crippen molar-refractivity contribution in [2.24, 2.45) is 0 Å². The Labute approximate surface area is 117 Å². The van der Waals surface area contributed by atoms with E-state index in [-0.39, 0.29) is 18.8 Å².